The van der Waals surface area contributed by atoms with E-state index in [0.29, 0.717) is 31.2 Å². The second kappa shape index (κ2) is 13.7. The zero-order chi connectivity index (χ0) is 31.8. The summed E-state index contributed by atoms with van der Waals surface area (Å²) < 4.78 is 18.4. The molecule has 3 aliphatic heterocycles. The van der Waals surface area contributed by atoms with Crippen LogP contribution in [-0.4, -0.2) is 138 Å². The summed E-state index contributed by atoms with van der Waals surface area (Å²) in [6.07, 6.45) is -0.673. The minimum Gasteiger partial charge on any atom is -0.492 e. The molecule has 4 fully saturated rings. The first-order valence-electron chi connectivity index (χ1n) is 15.9. The highest BCUT2D eigenvalue weighted by Gasteiger charge is 2.54. The van der Waals surface area contributed by atoms with E-state index in [1.54, 1.807) is 14.0 Å². The summed E-state index contributed by atoms with van der Waals surface area (Å²) in [6.45, 7) is 3.33. The van der Waals surface area contributed by atoms with Crippen molar-refractivity contribution >= 4 is 5.91 Å². The highest BCUT2D eigenvalue weighted by atomic mass is 16.7. The lowest BCUT2D eigenvalue weighted by Crippen LogP contribution is -2.70. The lowest BCUT2D eigenvalue weighted by atomic mass is 9.72. The number of hydrogen-bond acceptors (Lipinski definition) is 14. The van der Waals surface area contributed by atoms with E-state index in [0.717, 1.165) is 19.4 Å². The number of hydrogen-bond donors (Lipinski definition) is 11. The zero-order valence-electron chi connectivity index (χ0n) is 25.7. The van der Waals surface area contributed by atoms with E-state index >= 15 is 0 Å². The third-order valence-corrected chi connectivity index (χ3v) is 10.2. The van der Waals surface area contributed by atoms with Gasteiger partial charge in [0.15, 0.2) is 11.9 Å². The molecule has 15 nitrogen and oxygen atoms in total. The maximum atomic E-state index is 13.2. The van der Waals surface area contributed by atoms with Gasteiger partial charge in [-0.2, -0.15) is 0 Å². The van der Waals surface area contributed by atoms with E-state index in [1.807, 2.05) is 6.08 Å². The number of carbonyl (C=O) groups excluding carboxylic acids is 1. The molecule has 0 aromatic rings. The summed E-state index contributed by atoms with van der Waals surface area (Å²) in [7, 11) is 1.61. The fraction of sp³-hybridized carbons (Fsp3) is 0.897. The number of aliphatic hydroxyl groups is 4. The van der Waals surface area contributed by atoms with Gasteiger partial charge in [-0.15, -0.1) is 0 Å². The fourth-order valence-corrected chi connectivity index (χ4v) is 7.49. The number of likely N-dealkylation sites (N-methyl/N-ethyl adjacent to an activating group) is 1. The van der Waals surface area contributed by atoms with Crippen molar-refractivity contribution in [3.63, 3.8) is 0 Å². The summed E-state index contributed by atoms with van der Waals surface area (Å²) in [5.41, 5.74) is 16.1. The summed E-state index contributed by atoms with van der Waals surface area (Å²) >= 11 is 0. The van der Waals surface area contributed by atoms with Crippen LogP contribution in [-0.2, 0) is 19.0 Å². The Hall–Kier alpha value is -1.47. The van der Waals surface area contributed by atoms with Crippen LogP contribution in [0.4, 0.5) is 0 Å². The van der Waals surface area contributed by atoms with Gasteiger partial charge in [0.25, 0.3) is 5.91 Å². The van der Waals surface area contributed by atoms with E-state index < -0.39 is 77.9 Å². The van der Waals surface area contributed by atoms with Gasteiger partial charge in [0.1, 0.15) is 29.7 Å². The maximum absolute atomic E-state index is 13.2. The van der Waals surface area contributed by atoms with Crippen LogP contribution in [0.25, 0.3) is 0 Å². The standard InChI is InChI=1S/C29H53N7O8/c1-28(40)13-42-26(22(38)25(28)33-2)44-24-19(36-27(39)29(41)5-6-34-12-29)9-18(32)20(21(24)37)23-17(31)4-3-16(43-23)11-35-10-14-7-15(30)8-14/h3,14-15,17-26,33-35,37-38,40-41H,4-13,30-32H2,1-2H3,(H,36,39)/t14?,15?,17-,18+,19-,20?,21+,22-,23+,24+,25-,26-,28+,29?/m1/s1. The first-order valence-corrected chi connectivity index (χ1v) is 15.9. The quantitative estimate of drug-likeness (QED) is 0.110. The lowest BCUT2D eigenvalue weighted by molar-refractivity contribution is -0.297. The van der Waals surface area contributed by atoms with Crippen molar-refractivity contribution in [2.24, 2.45) is 29.0 Å². The van der Waals surface area contributed by atoms with Crippen LogP contribution < -0.4 is 38.5 Å². The number of carbonyl (C=O) groups is 1. The first kappa shape index (κ1) is 33.9. The van der Waals surface area contributed by atoms with Crippen LogP contribution in [0.3, 0.4) is 0 Å². The summed E-state index contributed by atoms with van der Waals surface area (Å²) in [5.74, 6) is -0.0210. The molecule has 0 radical (unpaired) electrons. The molecule has 44 heavy (non-hydrogen) atoms. The van der Waals surface area contributed by atoms with E-state index in [1.165, 1.54) is 0 Å². The average Bonchev–Trinajstić information content (AvgIpc) is 3.40. The molecule has 0 bridgehead atoms. The fourth-order valence-electron chi connectivity index (χ4n) is 7.49. The van der Waals surface area contributed by atoms with Gasteiger partial charge in [0, 0.05) is 30.6 Å². The molecule has 5 aliphatic rings. The van der Waals surface area contributed by atoms with Gasteiger partial charge in [-0.05, 0) is 71.2 Å². The van der Waals surface area contributed by atoms with Crippen LogP contribution in [0.1, 0.15) is 39.0 Å². The summed E-state index contributed by atoms with van der Waals surface area (Å²) in [5, 5.41) is 56.8. The molecule has 2 aliphatic carbocycles. The Morgan fingerprint density at radius 1 is 1.16 bits per heavy atom. The van der Waals surface area contributed by atoms with Gasteiger partial charge in [0.05, 0.1) is 31.3 Å². The van der Waals surface area contributed by atoms with Crippen molar-refractivity contribution in [1.29, 1.82) is 0 Å². The normalized spacial score (nSPS) is 47.8. The molecule has 5 rings (SSSR count). The highest BCUT2D eigenvalue weighted by Crippen LogP contribution is 2.37. The lowest BCUT2D eigenvalue weighted by Gasteiger charge is -2.50. The number of ether oxygens (including phenoxy) is 3. The Labute approximate surface area is 258 Å². The molecule has 0 spiro atoms. The molecule has 14 N–H and O–H groups in total. The minimum absolute atomic E-state index is 0.0964. The number of β-amino-alcohol motifs (C(OH)–C–C–N with tert-alkyl or cyclic N) is 1. The predicted octanol–water partition coefficient (Wildman–Crippen LogP) is -4.33. The van der Waals surface area contributed by atoms with Crippen molar-refractivity contribution in [3.05, 3.63) is 11.8 Å². The van der Waals surface area contributed by atoms with Gasteiger partial charge in [-0.1, -0.05) is 0 Å². The molecule has 15 heteroatoms. The van der Waals surface area contributed by atoms with Crippen LogP contribution in [0.15, 0.2) is 11.8 Å². The Bertz CT molecular complexity index is 1020. The molecule has 2 saturated heterocycles. The Kier molecular flexibility index (Phi) is 10.6. The van der Waals surface area contributed by atoms with Crippen molar-refractivity contribution in [2.75, 3.05) is 39.8 Å². The number of nitrogens with two attached hydrogens (primary N) is 3. The maximum Gasteiger partial charge on any atom is 0.253 e. The van der Waals surface area contributed by atoms with E-state index in [4.69, 9.17) is 31.4 Å². The number of amides is 1. The zero-order valence-corrected chi connectivity index (χ0v) is 25.7. The first-order chi connectivity index (χ1) is 20.8. The Balaban J connectivity index is 1.32. The number of aliphatic hydroxyl groups excluding tert-OH is 2. The summed E-state index contributed by atoms with van der Waals surface area (Å²) in [6, 6.07) is -2.43. The SMILES string of the molecule is CN[C@@H]1[C@@H](O)[C@@H](O[C@H]2[C@H](NC(=O)C3(O)CCNC3)C[C@H](N)C([C@H]3OC(CNCC4CC(N)C4)=CC[C@H]3N)[C@@H]2O)OC[C@]1(C)O. The topological polar surface area (TPSA) is 252 Å². The van der Waals surface area contributed by atoms with Crippen molar-refractivity contribution in [2.45, 2.75) is 111 Å². The van der Waals surface area contributed by atoms with Gasteiger partial charge in [-0.25, -0.2) is 0 Å². The van der Waals surface area contributed by atoms with E-state index in [2.05, 4.69) is 21.3 Å². The van der Waals surface area contributed by atoms with Crippen LogP contribution >= 0.6 is 0 Å². The van der Waals surface area contributed by atoms with E-state index in [-0.39, 0.29) is 32.0 Å². The van der Waals surface area contributed by atoms with E-state index in [9.17, 15) is 25.2 Å². The second-order valence-corrected chi connectivity index (χ2v) is 13.8. The third-order valence-electron chi connectivity index (χ3n) is 10.2. The van der Waals surface area contributed by atoms with Crippen LogP contribution in [0, 0.1) is 11.8 Å². The van der Waals surface area contributed by atoms with Gasteiger partial charge in [-0.3, -0.25) is 4.79 Å². The average molecular weight is 628 g/mol. The number of nitrogens with one attached hydrogen (secondary N) is 4. The van der Waals surface area contributed by atoms with Crippen molar-refractivity contribution in [1.82, 2.24) is 21.3 Å². The molecule has 12 atom stereocenters. The molecule has 2 unspecified atom stereocenters. The molecule has 0 aromatic heterocycles. The van der Waals surface area contributed by atoms with Crippen molar-refractivity contribution in [3.8, 4) is 0 Å². The molecule has 1 amide bonds. The van der Waals surface area contributed by atoms with Gasteiger partial charge in [0.2, 0.25) is 0 Å². The molecule has 3 heterocycles. The third kappa shape index (κ3) is 7.09. The largest absolute Gasteiger partial charge is 0.492 e. The Morgan fingerprint density at radius 2 is 1.91 bits per heavy atom. The number of rotatable bonds is 10. The molecule has 0 aromatic carbocycles. The molecular weight excluding hydrogens is 574 g/mol. The second-order valence-electron chi connectivity index (χ2n) is 13.8. The van der Waals surface area contributed by atoms with Crippen LogP contribution in [0.5, 0.6) is 0 Å². The predicted molar refractivity (Wildman–Crippen MR) is 160 cm³/mol. The Morgan fingerprint density at radius 3 is 2.57 bits per heavy atom. The monoisotopic (exact) mass is 627 g/mol. The van der Waals surface area contributed by atoms with Gasteiger partial charge >= 0.3 is 0 Å². The molecule has 2 saturated carbocycles. The molecule has 252 valence electrons. The molecular formula is C29H53N7O8. The van der Waals surface area contributed by atoms with Gasteiger partial charge < -0.3 is 73.1 Å². The summed E-state index contributed by atoms with van der Waals surface area (Å²) in [4.78, 5) is 13.2. The minimum atomic E-state index is -1.61. The van der Waals surface area contributed by atoms with Crippen LogP contribution in [0.2, 0.25) is 0 Å². The highest BCUT2D eigenvalue weighted by molar-refractivity contribution is 5.86. The smallest absolute Gasteiger partial charge is 0.253 e. The van der Waals surface area contributed by atoms with Crippen molar-refractivity contribution < 1.29 is 39.4 Å².